The van der Waals surface area contributed by atoms with Crippen LogP contribution < -0.4 is 0 Å². The van der Waals surface area contributed by atoms with Crippen LogP contribution in [-0.2, 0) is 9.53 Å². The summed E-state index contributed by atoms with van der Waals surface area (Å²) in [7, 11) is 0. The second kappa shape index (κ2) is 2.12. The summed E-state index contributed by atoms with van der Waals surface area (Å²) < 4.78 is 4.96. The summed E-state index contributed by atoms with van der Waals surface area (Å²) >= 11 is 0. The molecule has 1 saturated heterocycles. The van der Waals surface area contributed by atoms with E-state index in [9.17, 15) is 4.79 Å². The second-order valence-corrected chi connectivity index (χ2v) is 2.72. The SMILES string of the molecule is O=C1O[C@H]2CC=C[C@@H]2/C1=C/O. The number of carbonyl (C=O) groups is 1. The number of carbonyl (C=O) groups excluding carboxylic acids is 1. The molecule has 2 rings (SSSR count). The maximum absolute atomic E-state index is 10.9. The predicted molar refractivity (Wildman–Crippen MR) is 37.8 cm³/mol. The molecule has 0 unspecified atom stereocenters. The lowest BCUT2D eigenvalue weighted by Gasteiger charge is -2.03. The van der Waals surface area contributed by atoms with Crippen molar-refractivity contribution in [2.24, 2.45) is 5.92 Å². The normalized spacial score (nSPS) is 37.8. The van der Waals surface area contributed by atoms with Crippen LogP contribution in [0.5, 0.6) is 0 Å². The van der Waals surface area contributed by atoms with Gasteiger partial charge in [0, 0.05) is 12.3 Å². The molecular formula is C8H8O3. The van der Waals surface area contributed by atoms with E-state index in [1.165, 1.54) is 0 Å². The quantitative estimate of drug-likeness (QED) is 0.243. The molecule has 2 aliphatic rings. The van der Waals surface area contributed by atoms with Gasteiger partial charge in [-0.2, -0.15) is 0 Å². The van der Waals surface area contributed by atoms with Crippen LogP contribution in [0.2, 0.25) is 0 Å². The fourth-order valence-corrected chi connectivity index (χ4v) is 1.54. The van der Waals surface area contributed by atoms with E-state index in [0.717, 1.165) is 12.7 Å². The van der Waals surface area contributed by atoms with Gasteiger partial charge in [0.25, 0.3) is 0 Å². The van der Waals surface area contributed by atoms with Crippen molar-refractivity contribution < 1.29 is 14.6 Å². The summed E-state index contributed by atoms with van der Waals surface area (Å²) in [6.07, 6.45) is 5.43. The Morgan fingerprint density at radius 3 is 3.27 bits per heavy atom. The minimum absolute atomic E-state index is 0.00694. The van der Waals surface area contributed by atoms with Gasteiger partial charge in [0.15, 0.2) is 0 Å². The molecule has 0 radical (unpaired) electrons. The molecule has 1 heterocycles. The van der Waals surface area contributed by atoms with Crippen LogP contribution in [0.1, 0.15) is 6.42 Å². The number of fused-ring (bicyclic) bond motifs is 1. The number of ether oxygens (including phenoxy) is 1. The van der Waals surface area contributed by atoms with E-state index in [4.69, 9.17) is 9.84 Å². The van der Waals surface area contributed by atoms with E-state index < -0.39 is 0 Å². The summed E-state index contributed by atoms with van der Waals surface area (Å²) in [4.78, 5) is 10.9. The zero-order valence-corrected chi connectivity index (χ0v) is 5.86. The van der Waals surface area contributed by atoms with Gasteiger partial charge in [-0.3, -0.25) is 0 Å². The molecule has 3 nitrogen and oxygen atoms in total. The van der Waals surface area contributed by atoms with Gasteiger partial charge in [0.2, 0.25) is 0 Å². The lowest BCUT2D eigenvalue weighted by Crippen LogP contribution is -2.08. The Morgan fingerprint density at radius 1 is 1.73 bits per heavy atom. The number of esters is 1. The summed E-state index contributed by atoms with van der Waals surface area (Å²) in [5.41, 5.74) is 0.378. The first kappa shape index (κ1) is 6.46. The van der Waals surface area contributed by atoms with E-state index in [-0.39, 0.29) is 18.0 Å². The first-order valence-corrected chi connectivity index (χ1v) is 3.55. The molecule has 1 fully saturated rings. The average Bonchev–Trinajstić information content (AvgIpc) is 2.46. The van der Waals surface area contributed by atoms with E-state index in [0.29, 0.717) is 5.57 Å². The highest BCUT2D eigenvalue weighted by Gasteiger charge is 2.40. The molecule has 0 aromatic heterocycles. The van der Waals surface area contributed by atoms with E-state index in [1.807, 2.05) is 12.2 Å². The molecule has 11 heavy (non-hydrogen) atoms. The topological polar surface area (TPSA) is 46.5 Å². The Morgan fingerprint density at radius 2 is 2.55 bits per heavy atom. The molecule has 0 aromatic rings. The van der Waals surface area contributed by atoms with Gasteiger partial charge in [0.1, 0.15) is 6.10 Å². The van der Waals surface area contributed by atoms with Gasteiger partial charge in [0.05, 0.1) is 11.8 Å². The number of hydrogen-bond acceptors (Lipinski definition) is 3. The van der Waals surface area contributed by atoms with Crippen molar-refractivity contribution in [1.29, 1.82) is 0 Å². The highest BCUT2D eigenvalue weighted by atomic mass is 16.6. The van der Waals surface area contributed by atoms with Crippen molar-refractivity contribution >= 4 is 5.97 Å². The fraction of sp³-hybridized carbons (Fsp3) is 0.375. The molecule has 3 heteroatoms. The number of rotatable bonds is 0. The van der Waals surface area contributed by atoms with Crippen LogP contribution in [-0.4, -0.2) is 17.2 Å². The number of aliphatic hydroxyl groups is 1. The highest BCUT2D eigenvalue weighted by molar-refractivity contribution is 5.92. The van der Waals surface area contributed by atoms with Gasteiger partial charge in [-0.1, -0.05) is 12.2 Å². The van der Waals surface area contributed by atoms with Crippen LogP contribution >= 0.6 is 0 Å². The third-order valence-corrected chi connectivity index (χ3v) is 2.10. The van der Waals surface area contributed by atoms with E-state index in [1.54, 1.807) is 0 Å². The third-order valence-electron chi connectivity index (χ3n) is 2.10. The first-order chi connectivity index (χ1) is 5.33. The van der Waals surface area contributed by atoms with Crippen LogP contribution in [0, 0.1) is 5.92 Å². The molecule has 58 valence electrons. The van der Waals surface area contributed by atoms with Crippen LogP contribution in [0.3, 0.4) is 0 Å². The van der Waals surface area contributed by atoms with Gasteiger partial charge >= 0.3 is 5.97 Å². The largest absolute Gasteiger partial charge is 0.515 e. The van der Waals surface area contributed by atoms with Crippen LogP contribution in [0.15, 0.2) is 24.0 Å². The van der Waals surface area contributed by atoms with Gasteiger partial charge in [-0.25, -0.2) is 4.79 Å². The van der Waals surface area contributed by atoms with Gasteiger partial charge in [-0.15, -0.1) is 0 Å². The smallest absolute Gasteiger partial charge is 0.338 e. The molecular weight excluding hydrogens is 144 g/mol. The van der Waals surface area contributed by atoms with Gasteiger partial charge < -0.3 is 9.84 Å². The maximum atomic E-state index is 10.9. The van der Waals surface area contributed by atoms with Crippen molar-refractivity contribution in [3.05, 3.63) is 24.0 Å². The zero-order chi connectivity index (χ0) is 7.84. The van der Waals surface area contributed by atoms with Crippen molar-refractivity contribution in [2.45, 2.75) is 12.5 Å². The summed E-state index contributed by atoms with van der Waals surface area (Å²) in [6, 6.07) is 0. The molecule has 0 saturated carbocycles. The molecule has 1 aliphatic heterocycles. The number of hydrogen-bond donors (Lipinski definition) is 1. The number of aliphatic hydroxyl groups excluding tert-OH is 1. The predicted octanol–water partition coefficient (Wildman–Crippen LogP) is 0.930. The minimum atomic E-state index is -0.383. The third kappa shape index (κ3) is 0.770. The summed E-state index contributed by atoms with van der Waals surface area (Å²) in [6.45, 7) is 0. The highest BCUT2D eigenvalue weighted by Crippen LogP contribution is 2.34. The van der Waals surface area contributed by atoms with Crippen molar-refractivity contribution in [3.63, 3.8) is 0 Å². The second-order valence-electron chi connectivity index (χ2n) is 2.72. The van der Waals surface area contributed by atoms with Crippen LogP contribution in [0.25, 0.3) is 0 Å². The molecule has 0 amide bonds. The summed E-state index contributed by atoms with van der Waals surface area (Å²) in [5, 5.41) is 8.69. The van der Waals surface area contributed by atoms with Crippen molar-refractivity contribution in [2.75, 3.05) is 0 Å². The zero-order valence-electron chi connectivity index (χ0n) is 5.86. The van der Waals surface area contributed by atoms with Gasteiger partial charge in [-0.05, 0) is 0 Å². The molecule has 0 spiro atoms. The van der Waals surface area contributed by atoms with E-state index >= 15 is 0 Å². The lowest BCUT2D eigenvalue weighted by molar-refractivity contribution is -0.138. The Hall–Kier alpha value is -1.25. The fourth-order valence-electron chi connectivity index (χ4n) is 1.54. The molecule has 2 atom stereocenters. The Labute approximate surface area is 64.0 Å². The Balaban J connectivity index is 2.33. The Kier molecular flexibility index (Phi) is 1.24. The van der Waals surface area contributed by atoms with E-state index in [2.05, 4.69) is 0 Å². The molecule has 1 aliphatic carbocycles. The Bertz CT molecular complexity index is 252. The summed E-state index contributed by atoms with van der Waals surface area (Å²) in [5.74, 6) is -0.389. The molecule has 0 aromatic carbocycles. The lowest BCUT2D eigenvalue weighted by atomic mass is 10.0. The standard InChI is InChI=1S/C8H8O3/c9-4-6-5-2-1-3-7(5)11-8(6)10/h1-2,4-5,7,9H,3H2/b6-4-/t5-,7+/m1/s1. The molecule has 1 N–H and O–H groups in total. The maximum Gasteiger partial charge on any atom is 0.338 e. The van der Waals surface area contributed by atoms with Crippen molar-refractivity contribution in [3.8, 4) is 0 Å². The van der Waals surface area contributed by atoms with Crippen molar-refractivity contribution in [1.82, 2.24) is 0 Å². The van der Waals surface area contributed by atoms with Crippen LogP contribution in [0.4, 0.5) is 0 Å². The minimum Gasteiger partial charge on any atom is -0.515 e. The average molecular weight is 152 g/mol. The molecule has 0 bridgehead atoms. The first-order valence-electron chi connectivity index (χ1n) is 3.55. The monoisotopic (exact) mass is 152 g/mol.